The number of rotatable bonds is 3. The molecule has 1 aliphatic heterocycles. The number of halogens is 1. The highest BCUT2D eigenvalue weighted by atomic mass is 79.9. The number of anilines is 1. The molecule has 2 aromatic carbocycles. The average Bonchev–Trinajstić information content (AvgIpc) is 3.00. The van der Waals surface area contributed by atoms with Gasteiger partial charge < -0.3 is 14.6 Å². The number of fused-ring (bicyclic) bond motifs is 1. The molecule has 3 heterocycles. The zero-order valence-corrected chi connectivity index (χ0v) is 18.3. The predicted molar refractivity (Wildman–Crippen MR) is 123 cm³/mol. The third kappa shape index (κ3) is 3.82. The topological polar surface area (TPSA) is 67.1 Å². The Hall–Kier alpha value is -2.77. The molecule has 4 aromatic rings. The van der Waals surface area contributed by atoms with E-state index in [0.29, 0.717) is 22.9 Å². The van der Waals surface area contributed by atoms with Crippen LogP contribution in [0.4, 0.5) is 5.82 Å². The molecule has 30 heavy (non-hydrogen) atoms. The van der Waals surface area contributed by atoms with Gasteiger partial charge in [0.15, 0.2) is 11.6 Å². The molecule has 1 aliphatic rings. The molecule has 0 aliphatic carbocycles. The first-order chi connectivity index (χ1) is 14.7. The Labute approximate surface area is 183 Å². The molecule has 0 unspecified atom stereocenters. The largest absolute Gasteiger partial charge is 0.430 e. The van der Waals surface area contributed by atoms with Gasteiger partial charge in [-0.05, 0) is 44.2 Å². The monoisotopic (exact) mass is 463 g/mol. The Morgan fingerprint density at radius 2 is 1.67 bits per heavy atom. The van der Waals surface area contributed by atoms with Gasteiger partial charge >= 0.3 is 0 Å². The van der Waals surface area contributed by atoms with Crippen molar-refractivity contribution in [2.75, 3.05) is 31.1 Å². The molecule has 1 saturated heterocycles. The molecule has 0 spiro atoms. The summed E-state index contributed by atoms with van der Waals surface area (Å²) in [4.78, 5) is 16.7. The van der Waals surface area contributed by atoms with E-state index in [-0.39, 0.29) is 0 Å². The third-order valence-corrected chi connectivity index (χ3v) is 5.81. The molecule has 0 atom stereocenters. The van der Waals surface area contributed by atoms with Crippen molar-refractivity contribution in [2.24, 2.45) is 0 Å². The predicted octanol–water partition coefficient (Wildman–Crippen LogP) is 4.82. The molecule has 0 amide bonds. The number of benzene rings is 2. The minimum atomic E-state index is 0.571. The highest BCUT2D eigenvalue weighted by Crippen LogP contribution is 2.32. The first-order valence-electron chi connectivity index (χ1n) is 10.1. The van der Waals surface area contributed by atoms with Crippen LogP contribution in [0.3, 0.4) is 0 Å². The van der Waals surface area contributed by atoms with Gasteiger partial charge in [-0.2, -0.15) is 4.98 Å². The Balaban J connectivity index is 1.66. The van der Waals surface area contributed by atoms with Gasteiger partial charge in [-0.25, -0.2) is 9.97 Å². The number of nitrogens with zero attached hydrogens (tertiary/aromatic N) is 4. The van der Waals surface area contributed by atoms with Crippen molar-refractivity contribution >= 4 is 33.0 Å². The van der Waals surface area contributed by atoms with E-state index < -0.39 is 0 Å². The molecular weight excluding hydrogens is 442 g/mol. The summed E-state index contributed by atoms with van der Waals surface area (Å²) in [5.74, 6) is 2.04. The van der Waals surface area contributed by atoms with Crippen LogP contribution in [-0.4, -0.2) is 41.1 Å². The van der Waals surface area contributed by atoms with Gasteiger partial charge in [0.25, 0.3) is 0 Å². The van der Waals surface area contributed by atoms with Crippen LogP contribution in [0.15, 0.2) is 57.4 Å². The van der Waals surface area contributed by atoms with Gasteiger partial charge in [0, 0.05) is 35.2 Å². The second-order valence-electron chi connectivity index (χ2n) is 7.51. The van der Waals surface area contributed by atoms with Crippen LogP contribution >= 0.6 is 15.9 Å². The molecular formula is C23H22BrN5O. The van der Waals surface area contributed by atoms with Crippen LogP contribution < -0.4 is 10.2 Å². The first kappa shape index (κ1) is 19.2. The molecule has 1 N–H and O–H groups in total. The number of aryl methyl sites for hydroxylation is 1. The van der Waals surface area contributed by atoms with Crippen LogP contribution in [0.1, 0.15) is 12.0 Å². The lowest BCUT2D eigenvalue weighted by Gasteiger charge is -2.21. The first-order valence-corrected chi connectivity index (χ1v) is 10.9. The highest BCUT2D eigenvalue weighted by Gasteiger charge is 2.22. The smallest absolute Gasteiger partial charge is 0.229 e. The maximum absolute atomic E-state index is 6.22. The van der Waals surface area contributed by atoms with E-state index in [2.05, 4.69) is 45.2 Å². The molecule has 6 nitrogen and oxygen atoms in total. The fourth-order valence-corrected chi connectivity index (χ4v) is 3.89. The molecule has 5 rings (SSSR count). The number of oxazole rings is 1. The summed E-state index contributed by atoms with van der Waals surface area (Å²) >= 11 is 3.49. The summed E-state index contributed by atoms with van der Waals surface area (Å²) in [5.41, 5.74) is 4.32. The molecule has 0 radical (unpaired) electrons. The lowest BCUT2D eigenvalue weighted by molar-refractivity contribution is 0.615. The minimum absolute atomic E-state index is 0.571. The number of hydrogen-bond donors (Lipinski definition) is 1. The Morgan fingerprint density at radius 1 is 0.900 bits per heavy atom. The third-order valence-electron chi connectivity index (χ3n) is 5.28. The van der Waals surface area contributed by atoms with Crippen LogP contribution in [0, 0.1) is 6.92 Å². The Bertz CT molecular complexity index is 1160. The summed E-state index contributed by atoms with van der Waals surface area (Å²) in [7, 11) is 0. The second-order valence-corrected chi connectivity index (χ2v) is 8.42. The minimum Gasteiger partial charge on any atom is -0.430 e. The van der Waals surface area contributed by atoms with Crippen molar-refractivity contribution < 1.29 is 4.42 Å². The van der Waals surface area contributed by atoms with Crippen molar-refractivity contribution in [2.45, 2.75) is 13.3 Å². The summed E-state index contributed by atoms with van der Waals surface area (Å²) in [6.45, 7) is 5.77. The summed E-state index contributed by atoms with van der Waals surface area (Å²) in [5, 5.41) is 3.45. The molecule has 1 fully saturated rings. The Kier molecular flexibility index (Phi) is 5.23. The van der Waals surface area contributed by atoms with Crippen molar-refractivity contribution in [3.8, 4) is 22.8 Å². The van der Waals surface area contributed by atoms with Gasteiger partial charge in [-0.15, -0.1) is 0 Å². The fourth-order valence-electron chi connectivity index (χ4n) is 3.63. The number of nitrogens with one attached hydrogen (secondary N) is 1. The lowest BCUT2D eigenvalue weighted by atomic mass is 10.1. The maximum atomic E-state index is 6.22. The molecule has 152 valence electrons. The van der Waals surface area contributed by atoms with Crippen molar-refractivity contribution in [3.63, 3.8) is 0 Å². The van der Waals surface area contributed by atoms with E-state index >= 15 is 0 Å². The zero-order chi connectivity index (χ0) is 20.5. The van der Waals surface area contributed by atoms with Crippen molar-refractivity contribution in [3.05, 3.63) is 58.6 Å². The van der Waals surface area contributed by atoms with Gasteiger partial charge in [0.1, 0.15) is 0 Å². The van der Waals surface area contributed by atoms with E-state index in [9.17, 15) is 0 Å². The molecule has 0 saturated carbocycles. The molecule has 7 heteroatoms. The quantitative estimate of drug-likeness (QED) is 0.469. The second kappa shape index (κ2) is 8.16. The van der Waals surface area contributed by atoms with E-state index in [1.807, 2.05) is 36.4 Å². The summed E-state index contributed by atoms with van der Waals surface area (Å²) in [6, 6.07) is 16.2. The van der Waals surface area contributed by atoms with Crippen molar-refractivity contribution in [1.29, 1.82) is 0 Å². The van der Waals surface area contributed by atoms with Crippen LogP contribution in [-0.2, 0) is 0 Å². The van der Waals surface area contributed by atoms with Crippen LogP contribution in [0.25, 0.3) is 34.1 Å². The average molecular weight is 464 g/mol. The van der Waals surface area contributed by atoms with Gasteiger partial charge in [-0.1, -0.05) is 45.8 Å². The molecule has 2 aromatic heterocycles. The highest BCUT2D eigenvalue weighted by molar-refractivity contribution is 9.10. The summed E-state index contributed by atoms with van der Waals surface area (Å²) < 4.78 is 7.25. The maximum Gasteiger partial charge on any atom is 0.229 e. The van der Waals surface area contributed by atoms with Crippen molar-refractivity contribution in [1.82, 2.24) is 20.3 Å². The Morgan fingerprint density at radius 3 is 2.47 bits per heavy atom. The van der Waals surface area contributed by atoms with E-state index in [0.717, 1.165) is 54.0 Å². The van der Waals surface area contributed by atoms with Gasteiger partial charge in [0.05, 0.1) is 0 Å². The van der Waals surface area contributed by atoms with E-state index in [4.69, 9.17) is 19.4 Å². The number of aromatic nitrogens is 3. The SMILES string of the molecule is Cc1ccc(-c2nc3nc(-c4ccc(Br)cc4)nc(N4CCCNCC4)c3o2)cc1. The van der Waals surface area contributed by atoms with Gasteiger partial charge in [0.2, 0.25) is 17.1 Å². The normalized spacial score (nSPS) is 14.8. The molecule has 0 bridgehead atoms. The van der Waals surface area contributed by atoms with E-state index in [1.165, 1.54) is 5.56 Å². The van der Waals surface area contributed by atoms with Crippen LogP contribution in [0.5, 0.6) is 0 Å². The van der Waals surface area contributed by atoms with Gasteiger partial charge in [-0.3, -0.25) is 0 Å². The fraction of sp³-hybridized carbons (Fsp3) is 0.261. The van der Waals surface area contributed by atoms with Crippen LogP contribution in [0.2, 0.25) is 0 Å². The zero-order valence-electron chi connectivity index (χ0n) is 16.7. The standard InChI is InChI=1S/C23H22BrN5O/c1-15-3-5-17(6-4-15)23-28-21-19(30-23)22(29-13-2-11-25-12-14-29)27-20(26-21)16-7-9-18(24)10-8-16/h3-10,25H,2,11-14H2,1H3. The van der Waals surface area contributed by atoms with E-state index in [1.54, 1.807) is 0 Å². The number of hydrogen-bond acceptors (Lipinski definition) is 6. The lowest BCUT2D eigenvalue weighted by Crippen LogP contribution is -2.29. The summed E-state index contributed by atoms with van der Waals surface area (Å²) in [6.07, 6.45) is 1.05.